The van der Waals surface area contributed by atoms with Crippen LogP contribution in [0.3, 0.4) is 0 Å². The highest BCUT2D eigenvalue weighted by Gasteiger charge is 2.51. The first kappa shape index (κ1) is 85.0. The van der Waals surface area contributed by atoms with Gasteiger partial charge in [0.1, 0.15) is 48.8 Å². The Hall–Kier alpha value is -4.13. The largest absolute Gasteiger partial charge is 0.394 e. The van der Waals surface area contributed by atoms with Crippen LogP contribution in [-0.2, 0) is 23.7 Å². The monoisotopic (exact) mass is 1300 g/mol. The number of hydrogen-bond donors (Lipinski definition) is 9. The minimum atomic E-state index is -1.80. The van der Waals surface area contributed by atoms with Crippen molar-refractivity contribution in [3.63, 3.8) is 0 Å². The van der Waals surface area contributed by atoms with Crippen LogP contribution in [0.25, 0.3) is 0 Å². The second kappa shape index (κ2) is 61.5. The molecule has 9 N–H and O–H groups in total. The van der Waals surface area contributed by atoms with Crippen molar-refractivity contribution in [2.24, 2.45) is 0 Å². The predicted octanol–water partition coefficient (Wildman–Crippen LogP) is 15.6. The molecule has 14 heteroatoms. The number of aliphatic hydroxyl groups excluding tert-OH is 8. The van der Waals surface area contributed by atoms with Gasteiger partial charge in [0.25, 0.3) is 0 Å². The van der Waals surface area contributed by atoms with Gasteiger partial charge in [0.15, 0.2) is 12.6 Å². The normalized spacial score (nSPS) is 23.5. The van der Waals surface area contributed by atoms with E-state index in [0.717, 1.165) is 109 Å². The van der Waals surface area contributed by atoms with Gasteiger partial charge in [-0.1, -0.05) is 275 Å². The highest BCUT2D eigenvalue weighted by molar-refractivity contribution is 5.76. The number of unbranched alkanes of at least 4 members (excludes halogenated alkanes) is 23. The Bertz CT molecular complexity index is 2120. The molecular weight excluding hydrogens is 1170 g/mol. The van der Waals surface area contributed by atoms with Crippen LogP contribution in [0.15, 0.2) is 146 Å². The van der Waals surface area contributed by atoms with Gasteiger partial charge >= 0.3 is 0 Å². The number of nitrogens with one attached hydrogen (secondary N) is 1. The Labute approximate surface area is 563 Å². The predicted molar refractivity (Wildman–Crippen MR) is 382 cm³/mol. The Balaban J connectivity index is 1.65. The zero-order chi connectivity index (χ0) is 67.3. The maximum atomic E-state index is 13.3. The van der Waals surface area contributed by atoms with Crippen LogP contribution < -0.4 is 5.32 Å². The van der Waals surface area contributed by atoms with E-state index in [1.54, 1.807) is 6.08 Å². The van der Waals surface area contributed by atoms with Crippen LogP contribution >= 0.6 is 0 Å². The van der Waals surface area contributed by atoms with Gasteiger partial charge in [-0.2, -0.15) is 0 Å². The third kappa shape index (κ3) is 45.1. The fraction of sp³-hybridized carbons (Fsp3) is 0.684. The van der Waals surface area contributed by atoms with E-state index in [9.17, 15) is 45.6 Å². The van der Waals surface area contributed by atoms with Gasteiger partial charge in [0.05, 0.1) is 32.0 Å². The maximum absolute atomic E-state index is 13.3. The molecule has 0 spiro atoms. The quantitative estimate of drug-likeness (QED) is 0.0204. The first-order chi connectivity index (χ1) is 45.6. The summed E-state index contributed by atoms with van der Waals surface area (Å²) in [6.07, 6.45) is 76.1. The average Bonchev–Trinajstić information content (AvgIpc) is 0.854. The van der Waals surface area contributed by atoms with E-state index < -0.39 is 86.8 Å². The molecule has 530 valence electrons. The van der Waals surface area contributed by atoms with Crippen molar-refractivity contribution in [2.45, 2.75) is 325 Å². The van der Waals surface area contributed by atoms with Crippen LogP contribution in [0, 0.1) is 0 Å². The van der Waals surface area contributed by atoms with Crippen molar-refractivity contribution >= 4 is 5.91 Å². The lowest BCUT2D eigenvalue weighted by atomic mass is 9.97. The first-order valence-corrected chi connectivity index (χ1v) is 36.6. The summed E-state index contributed by atoms with van der Waals surface area (Å²) >= 11 is 0. The molecule has 0 aromatic rings. The molecule has 2 aliphatic rings. The van der Waals surface area contributed by atoms with Crippen LogP contribution in [0.4, 0.5) is 0 Å². The Kier molecular flexibility index (Phi) is 56.1. The fourth-order valence-electron chi connectivity index (χ4n) is 11.0. The van der Waals surface area contributed by atoms with Gasteiger partial charge in [0.2, 0.25) is 5.91 Å². The first-order valence-electron chi connectivity index (χ1n) is 36.6. The molecule has 14 nitrogen and oxygen atoms in total. The molecule has 0 aliphatic carbocycles. The van der Waals surface area contributed by atoms with E-state index in [4.69, 9.17) is 18.9 Å². The summed E-state index contributed by atoms with van der Waals surface area (Å²) in [7, 11) is 0. The summed E-state index contributed by atoms with van der Waals surface area (Å²) in [5, 5.41) is 87.4. The number of carbonyl (C=O) groups excluding carboxylic acids is 1. The fourth-order valence-corrected chi connectivity index (χ4v) is 11.0. The summed E-state index contributed by atoms with van der Waals surface area (Å²) in [6.45, 7) is 2.66. The number of aliphatic hydroxyl groups is 8. The second-order valence-electron chi connectivity index (χ2n) is 25.0. The molecule has 2 aliphatic heterocycles. The molecule has 0 saturated carbocycles. The Morgan fingerprint density at radius 2 is 0.753 bits per heavy atom. The van der Waals surface area contributed by atoms with Gasteiger partial charge in [-0.15, -0.1) is 0 Å². The van der Waals surface area contributed by atoms with Crippen molar-refractivity contribution in [1.29, 1.82) is 0 Å². The number of carbonyl (C=O) groups is 1. The van der Waals surface area contributed by atoms with Gasteiger partial charge in [-0.25, -0.2) is 0 Å². The zero-order valence-electron chi connectivity index (χ0n) is 57.7. The van der Waals surface area contributed by atoms with Crippen molar-refractivity contribution < 1.29 is 64.6 Å². The van der Waals surface area contributed by atoms with E-state index in [2.05, 4.69) is 153 Å². The molecule has 12 atom stereocenters. The van der Waals surface area contributed by atoms with Crippen molar-refractivity contribution in [1.82, 2.24) is 5.32 Å². The van der Waals surface area contributed by atoms with Crippen LogP contribution in [-0.4, -0.2) is 140 Å². The van der Waals surface area contributed by atoms with Gasteiger partial charge in [-0.3, -0.25) is 4.79 Å². The minimum absolute atomic E-state index is 0.257. The van der Waals surface area contributed by atoms with Crippen LogP contribution in [0.1, 0.15) is 251 Å². The Morgan fingerprint density at radius 3 is 1.18 bits per heavy atom. The second-order valence-corrected chi connectivity index (χ2v) is 25.0. The molecule has 0 aromatic carbocycles. The van der Waals surface area contributed by atoms with E-state index in [1.807, 2.05) is 6.08 Å². The van der Waals surface area contributed by atoms with Crippen molar-refractivity contribution in [3.05, 3.63) is 146 Å². The third-order valence-corrected chi connectivity index (χ3v) is 16.7. The standard InChI is InChI=1S/C79H131NO13/c1-3-5-7-9-11-13-15-17-19-21-23-25-26-27-28-29-30-31-32-33-34-35-36-37-38-39-40-41-42-43-45-47-49-51-53-55-57-59-61-63-71(84)80-67(68(83)62-60-58-56-54-52-50-48-46-44-24-22-20-18-16-14-12-10-8-6-4-2)66-90-78-76(89)74(87)77(70(65-82)92-78)93-79-75(88)73(86)72(85)69(64-81)91-79/h5,7,11,13,17,19,23,25,27-28,30-31,33-34,36-37,39-40,44,46,52,54,60,62,67-70,72-79,81-83,85-89H,3-4,6,8-10,12,14-16,18,20-22,24,26,29,32,35,38,41-43,45,47-51,53,55-59,61,63-66H2,1-2H3,(H,80,84)/b7-5-,13-11-,19-17-,25-23-,28-27-,31-30-,34-33-,37-36-,40-39-,46-44+,54-52+,62-60+. The molecule has 2 fully saturated rings. The molecule has 2 heterocycles. The highest BCUT2D eigenvalue weighted by Crippen LogP contribution is 2.30. The summed E-state index contributed by atoms with van der Waals surface area (Å²) in [5.41, 5.74) is 0. The molecule has 93 heavy (non-hydrogen) atoms. The number of ether oxygens (including phenoxy) is 4. The van der Waals surface area contributed by atoms with Crippen LogP contribution in [0.5, 0.6) is 0 Å². The van der Waals surface area contributed by atoms with Crippen molar-refractivity contribution in [2.75, 3.05) is 19.8 Å². The lowest BCUT2D eigenvalue weighted by Crippen LogP contribution is -2.65. The van der Waals surface area contributed by atoms with Gasteiger partial charge < -0.3 is 65.1 Å². The highest BCUT2D eigenvalue weighted by atomic mass is 16.7. The summed E-state index contributed by atoms with van der Waals surface area (Å²) in [4.78, 5) is 13.3. The average molecular weight is 1300 g/mol. The molecule has 0 radical (unpaired) electrons. The molecular formula is C79H131NO13. The third-order valence-electron chi connectivity index (χ3n) is 16.7. The van der Waals surface area contributed by atoms with E-state index in [1.165, 1.54) is 109 Å². The molecule has 12 unspecified atom stereocenters. The number of allylic oxidation sites excluding steroid dienone is 23. The summed E-state index contributed by atoms with van der Waals surface area (Å²) in [5.74, 6) is -0.262. The summed E-state index contributed by atoms with van der Waals surface area (Å²) < 4.78 is 22.8. The number of hydrogen-bond acceptors (Lipinski definition) is 13. The topological polar surface area (TPSA) is 228 Å². The van der Waals surface area contributed by atoms with Crippen LogP contribution in [0.2, 0.25) is 0 Å². The van der Waals surface area contributed by atoms with E-state index >= 15 is 0 Å². The summed E-state index contributed by atoms with van der Waals surface area (Å²) in [6, 6.07) is -0.950. The minimum Gasteiger partial charge on any atom is -0.394 e. The lowest BCUT2D eigenvalue weighted by molar-refractivity contribution is -0.359. The number of amides is 1. The molecule has 2 saturated heterocycles. The zero-order valence-corrected chi connectivity index (χ0v) is 57.7. The molecule has 1 amide bonds. The smallest absolute Gasteiger partial charge is 0.220 e. The lowest BCUT2D eigenvalue weighted by Gasteiger charge is -2.46. The van der Waals surface area contributed by atoms with E-state index in [-0.39, 0.29) is 18.9 Å². The molecule has 2 rings (SSSR count). The van der Waals surface area contributed by atoms with E-state index in [0.29, 0.717) is 12.8 Å². The van der Waals surface area contributed by atoms with Crippen molar-refractivity contribution in [3.8, 4) is 0 Å². The maximum Gasteiger partial charge on any atom is 0.220 e. The SMILES string of the molecule is CC/C=C\C/C=C\C/C=C\C/C=C\C/C=C\C/C=C\C/C=C\C/C=C\C/C=C\CCCCCCCCCCCCCC(=O)NC(COC1OC(CO)C(OC2OC(CO)C(O)C(O)C2O)C(O)C1O)C(O)/C=C/CC/C=C/CC/C=C/CCCCCCCCCCCC. The Morgan fingerprint density at radius 1 is 0.398 bits per heavy atom. The molecule has 0 aromatic heterocycles. The van der Waals surface area contributed by atoms with Gasteiger partial charge in [0, 0.05) is 6.42 Å². The molecule has 0 bridgehead atoms. The number of rotatable bonds is 58. The van der Waals surface area contributed by atoms with Gasteiger partial charge in [-0.05, 0) is 116 Å².